The highest BCUT2D eigenvalue weighted by Crippen LogP contribution is 2.37. The van der Waals surface area contributed by atoms with Gasteiger partial charge in [-0.05, 0) is 19.1 Å². The predicted molar refractivity (Wildman–Crippen MR) is 83.8 cm³/mol. The van der Waals surface area contributed by atoms with E-state index in [1.165, 1.54) is 9.81 Å². The van der Waals surface area contributed by atoms with Gasteiger partial charge in [-0.15, -0.1) is 23.5 Å². The van der Waals surface area contributed by atoms with Gasteiger partial charge in [0.25, 0.3) is 0 Å². The van der Waals surface area contributed by atoms with Crippen LogP contribution in [0.1, 0.15) is 17.1 Å². The molecule has 0 saturated heterocycles. The Balaban J connectivity index is 1.93. The van der Waals surface area contributed by atoms with Crippen LogP contribution in [0.4, 0.5) is 0 Å². The summed E-state index contributed by atoms with van der Waals surface area (Å²) in [5.74, 6) is 1.79. The first kappa shape index (κ1) is 12.8. The molecule has 1 aromatic rings. The second-order valence-electron chi connectivity index (χ2n) is 4.31. The Bertz CT molecular complexity index is 613. The van der Waals surface area contributed by atoms with Gasteiger partial charge in [-0.2, -0.15) is 0 Å². The maximum Gasteiger partial charge on any atom is 0.0733 e. The molecule has 0 aromatic carbocycles. The summed E-state index contributed by atoms with van der Waals surface area (Å²) in [4.78, 5) is 11.8. The number of rotatable bonds is 0. The van der Waals surface area contributed by atoms with Crippen LogP contribution in [0.25, 0.3) is 0 Å². The van der Waals surface area contributed by atoms with Gasteiger partial charge in [-0.3, -0.25) is 9.97 Å². The molecule has 2 nitrogen and oxygen atoms in total. The minimum Gasteiger partial charge on any atom is -0.257 e. The molecule has 0 N–H and O–H groups in total. The standard InChI is InChI=1S/C15H14N2S2/c1-11-8-16-12-9-18-14-6-4-2-3-5-7-15(14)19-10-13(12)17-11/h2-8H,9-10H2,1H3. The predicted octanol–water partition coefficient (Wildman–Crippen LogP) is 4.16. The number of aromatic nitrogens is 2. The fourth-order valence-corrected chi connectivity index (χ4v) is 4.08. The van der Waals surface area contributed by atoms with Crippen molar-refractivity contribution in [3.63, 3.8) is 0 Å². The van der Waals surface area contributed by atoms with Crippen LogP contribution in [0, 0.1) is 6.92 Å². The molecule has 96 valence electrons. The number of fused-ring (bicyclic) bond motifs is 1. The van der Waals surface area contributed by atoms with Crippen molar-refractivity contribution < 1.29 is 0 Å². The fraction of sp³-hybridized carbons (Fsp3) is 0.200. The topological polar surface area (TPSA) is 25.8 Å². The van der Waals surface area contributed by atoms with E-state index in [2.05, 4.69) is 46.4 Å². The number of nitrogens with zero attached hydrogens (tertiary/aromatic N) is 2. The molecule has 4 heteroatoms. The van der Waals surface area contributed by atoms with Crippen LogP contribution in [0.2, 0.25) is 0 Å². The summed E-state index contributed by atoms with van der Waals surface area (Å²) in [5, 5.41) is 0. The van der Waals surface area contributed by atoms with E-state index >= 15 is 0 Å². The van der Waals surface area contributed by atoms with Crippen LogP contribution >= 0.6 is 23.5 Å². The van der Waals surface area contributed by atoms with E-state index in [-0.39, 0.29) is 0 Å². The minimum atomic E-state index is 0.893. The van der Waals surface area contributed by atoms with Gasteiger partial charge in [0.05, 0.1) is 17.1 Å². The highest BCUT2D eigenvalue weighted by molar-refractivity contribution is 8.06. The number of hydrogen-bond acceptors (Lipinski definition) is 4. The third-order valence-corrected chi connectivity index (χ3v) is 5.15. The highest BCUT2D eigenvalue weighted by atomic mass is 32.2. The lowest BCUT2D eigenvalue weighted by Gasteiger charge is -2.15. The van der Waals surface area contributed by atoms with Crippen molar-refractivity contribution in [1.82, 2.24) is 9.97 Å². The molecule has 1 aliphatic heterocycles. The van der Waals surface area contributed by atoms with Crippen LogP contribution < -0.4 is 0 Å². The summed E-state index contributed by atoms with van der Waals surface area (Å²) >= 11 is 3.68. The van der Waals surface area contributed by atoms with Gasteiger partial charge in [0, 0.05) is 27.5 Å². The molecule has 0 bridgehead atoms. The van der Waals surface area contributed by atoms with Crippen LogP contribution in [-0.4, -0.2) is 9.97 Å². The average molecular weight is 286 g/mol. The molecule has 1 aliphatic carbocycles. The Morgan fingerprint density at radius 2 is 1.53 bits per heavy atom. The highest BCUT2D eigenvalue weighted by Gasteiger charge is 2.14. The Labute approximate surface area is 121 Å². The summed E-state index contributed by atoms with van der Waals surface area (Å²) in [6, 6.07) is 0. The van der Waals surface area contributed by atoms with Gasteiger partial charge in [0.1, 0.15) is 0 Å². The van der Waals surface area contributed by atoms with Crippen LogP contribution in [0.3, 0.4) is 0 Å². The van der Waals surface area contributed by atoms with Crippen molar-refractivity contribution >= 4 is 23.5 Å². The molecular formula is C15H14N2S2. The molecular weight excluding hydrogens is 272 g/mol. The lowest BCUT2D eigenvalue weighted by Crippen LogP contribution is -2.03. The third-order valence-electron chi connectivity index (χ3n) is 2.85. The number of aryl methyl sites for hydroxylation is 1. The lowest BCUT2D eigenvalue weighted by atomic mass is 10.3. The maximum atomic E-state index is 4.62. The first-order valence-corrected chi connectivity index (χ1v) is 8.13. The molecule has 0 saturated carbocycles. The first-order chi connectivity index (χ1) is 9.33. The van der Waals surface area contributed by atoms with E-state index in [0.29, 0.717) is 0 Å². The Kier molecular flexibility index (Phi) is 3.89. The molecule has 2 aliphatic rings. The van der Waals surface area contributed by atoms with Gasteiger partial charge >= 0.3 is 0 Å². The number of thioether (sulfide) groups is 2. The summed E-state index contributed by atoms with van der Waals surface area (Å²) in [6.07, 6.45) is 14.5. The number of allylic oxidation sites excluding steroid dienone is 6. The molecule has 1 aromatic heterocycles. The normalized spacial score (nSPS) is 18.2. The molecule has 2 heterocycles. The van der Waals surface area contributed by atoms with Crippen LogP contribution in [-0.2, 0) is 11.5 Å². The fourth-order valence-electron chi connectivity index (χ4n) is 1.90. The van der Waals surface area contributed by atoms with Gasteiger partial charge in [0.2, 0.25) is 0 Å². The Hall–Kier alpha value is -1.26. The van der Waals surface area contributed by atoms with E-state index in [9.17, 15) is 0 Å². The molecule has 0 amide bonds. The molecule has 19 heavy (non-hydrogen) atoms. The quantitative estimate of drug-likeness (QED) is 0.715. The van der Waals surface area contributed by atoms with Crippen LogP contribution in [0.15, 0.2) is 52.5 Å². The number of hydrogen-bond donors (Lipinski definition) is 0. The average Bonchev–Trinajstić information content (AvgIpc) is 2.37. The summed E-state index contributed by atoms with van der Waals surface area (Å²) in [7, 11) is 0. The SMILES string of the molecule is Cc1cnc2c(n1)CSC1=C(C=CC=CC=C1)SC2. The zero-order chi connectivity index (χ0) is 13.1. The molecule has 3 rings (SSSR count). The molecule has 0 atom stereocenters. The maximum absolute atomic E-state index is 4.62. The van der Waals surface area contributed by atoms with E-state index in [1.807, 2.05) is 36.6 Å². The molecule has 0 spiro atoms. The molecule has 0 fully saturated rings. The smallest absolute Gasteiger partial charge is 0.0733 e. The lowest BCUT2D eigenvalue weighted by molar-refractivity contribution is 0.983. The van der Waals surface area contributed by atoms with Crippen LogP contribution in [0.5, 0.6) is 0 Å². The van der Waals surface area contributed by atoms with Crippen molar-refractivity contribution in [1.29, 1.82) is 0 Å². The summed E-state index contributed by atoms with van der Waals surface area (Å²) in [5.41, 5.74) is 3.24. The van der Waals surface area contributed by atoms with Crippen molar-refractivity contribution in [2.75, 3.05) is 0 Å². The van der Waals surface area contributed by atoms with Gasteiger partial charge in [-0.25, -0.2) is 0 Å². The zero-order valence-corrected chi connectivity index (χ0v) is 12.3. The monoisotopic (exact) mass is 286 g/mol. The Morgan fingerprint density at radius 1 is 0.895 bits per heavy atom. The zero-order valence-electron chi connectivity index (χ0n) is 10.7. The van der Waals surface area contributed by atoms with E-state index < -0.39 is 0 Å². The molecule has 0 radical (unpaired) electrons. The van der Waals surface area contributed by atoms with Crippen molar-refractivity contribution in [3.8, 4) is 0 Å². The van der Waals surface area contributed by atoms with E-state index in [0.717, 1.165) is 28.6 Å². The van der Waals surface area contributed by atoms with Crippen molar-refractivity contribution in [2.24, 2.45) is 0 Å². The third kappa shape index (κ3) is 3.01. The second-order valence-corrected chi connectivity index (χ2v) is 6.35. The largest absolute Gasteiger partial charge is 0.257 e. The van der Waals surface area contributed by atoms with E-state index in [1.54, 1.807) is 0 Å². The van der Waals surface area contributed by atoms with Crippen molar-refractivity contribution in [3.05, 3.63) is 69.5 Å². The Morgan fingerprint density at radius 3 is 2.21 bits per heavy atom. The van der Waals surface area contributed by atoms with Gasteiger partial charge in [-0.1, -0.05) is 24.3 Å². The first-order valence-electron chi connectivity index (χ1n) is 6.15. The second kappa shape index (κ2) is 5.80. The van der Waals surface area contributed by atoms with Gasteiger partial charge < -0.3 is 0 Å². The van der Waals surface area contributed by atoms with Crippen molar-refractivity contribution in [2.45, 2.75) is 18.4 Å². The van der Waals surface area contributed by atoms with Gasteiger partial charge in [0.15, 0.2) is 0 Å². The molecule has 0 unspecified atom stereocenters. The summed E-state index contributed by atoms with van der Waals surface area (Å²) < 4.78 is 0. The van der Waals surface area contributed by atoms with E-state index in [4.69, 9.17) is 0 Å². The summed E-state index contributed by atoms with van der Waals surface area (Å²) in [6.45, 7) is 2.00. The minimum absolute atomic E-state index is 0.893.